The molecule has 1 aromatic rings. The second kappa shape index (κ2) is 4.35. The van der Waals surface area contributed by atoms with Gasteiger partial charge >= 0.3 is 13.1 Å². The molecule has 0 aliphatic carbocycles. The number of hydrogen-bond donors (Lipinski definition) is 1. The predicted molar refractivity (Wildman–Crippen MR) is 73.9 cm³/mol. The van der Waals surface area contributed by atoms with E-state index in [4.69, 9.17) is 14.4 Å². The summed E-state index contributed by atoms with van der Waals surface area (Å²) >= 11 is 0. The highest BCUT2D eigenvalue weighted by molar-refractivity contribution is 6.62. The lowest BCUT2D eigenvalue weighted by molar-refractivity contribution is 0.00578. The molecular formula is C14H19BO4. The van der Waals surface area contributed by atoms with E-state index in [1.165, 1.54) is 0 Å². The topological polar surface area (TPSA) is 55.8 Å². The molecule has 0 radical (unpaired) electrons. The fourth-order valence-corrected chi connectivity index (χ4v) is 2.05. The molecule has 1 N–H and O–H groups in total. The van der Waals surface area contributed by atoms with E-state index < -0.39 is 24.3 Å². The highest BCUT2D eigenvalue weighted by Crippen LogP contribution is 2.36. The minimum atomic E-state index is -0.919. The Morgan fingerprint density at radius 1 is 1.16 bits per heavy atom. The lowest BCUT2D eigenvalue weighted by Crippen LogP contribution is -2.41. The smallest absolute Gasteiger partial charge is 0.478 e. The summed E-state index contributed by atoms with van der Waals surface area (Å²) in [6.45, 7) is 9.74. The van der Waals surface area contributed by atoms with Crippen molar-refractivity contribution in [1.29, 1.82) is 0 Å². The molecule has 4 nitrogen and oxygen atoms in total. The molecule has 1 saturated heterocycles. The number of carboxylic acids is 1. The summed E-state index contributed by atoms with van der Waals surface area (Å²) in [5.74, 6) is -0.919. The van der Waals surface area contributed by atoms with Gasteiger partial charge in [-0.05, 0) is 51.7 Å². The lowest BCUT2D eigenvalue weighted by atomic mass is 9.78. The van der Waals surface area contributed by atoms with E-state index in [0.717, 1.165) is 5.46 Å². The summed E-state index contributed by atoms with van der Waals surface area (Å²) in [4.78, 5) is 11.0. The average molecular weight is 262 g/mol. The Kier molecular flexibility index (Phi) is 3.23. The second-order valence-corrected chi connectivity index (χ2v) is 5.97. The molecular weight excluding hydrogens is 243 g/mol. The Hall–Kier alpha value is -1.33. The van der Waals surface area contributed by atoms with Crippen LogP contribution in [0.4, 0.5) is 0 Å². The maximum atomic E-state index is 11.0. The maximum Gasteiger partial charge on any atom is 0.494 e. The first-order chi connectivity index (χ1) is 8.64. The molecule has 1 aromatic carbocycles. The number of aromatic carboxylic acids is 1. The van der Waals surface area contributed by atoms with Gasteiger partial charge in [-0.15, -0.1) is 0 Å². The van der Waals surface area contributed by atoms with Crippen LogP contribution in [0, 0.1) is 6.92 Å². The molecule has 0 atom stereocenters. The molecule has 5 heteroatoms. The zero-order valence-corrected chi connectivity index (χ0v) is 12.0. The fraction of sp³-hybridized carbons (Fsp3) is 0.500. The second-order valence-electron chi connectivity index (χ2n) is 5.97. The van der Waals surface area contributed by atoms with Gasteiger partial charge < -0.3 is 14.4 Å². The molecule has 1 heterocycles. The van der Waals surface area contributed by atoms with Crippen LogP contribution < -0.4 is 5.46 Å². The van der Waals surface area contributed by atoms with Crippen molar-refractivity contribution in [3.63, 3.8) is 0 Å². The normalized spacial score (nSPS) is 20.6. The number of aryl methyl sites for hydroxylation is 1. The van der Waals surface area contributed by atoms with Gasteiger partial charge in [0.15, 0.2) is 0 Å². The van der Waals surface area contributed by atoms with Crippen molar-refractivity contribution in [3.8, 4) is 0 Å². The number of benzene rings is 1. The van der Waals surface area contributed by atoms with E-state index in [1.807, 2.05) is 33.8 Å². The van der Waals surface area contributed by atoms with Gasteiger partial charge in [0, 0.05) is 0 Å². The molecule has 1 fully saturated rings. The first kappa shape index (κ1) is 14.1. The minimum absolute atomic E-state index is 0.306. The summed E-state index contributed by atoms with van der Waals surface area (Å²) in [5.41, 5.74) is 1.08. The van der Waals surface area contributed by atoms with Gasteiger partial charge in [0.25, 0.3) is 0 Å². The van der Waals surface area contributed by atoms with Crippen molar-refractivity contribution >= 4 is 18.6 Å². The van der Waals surface area contributed by atoms with Crippen LogP contribution in [0.2, 0.25) is 0 Å². The average Bonchev–Trinajstić information content (AvgIpc) is 2.47. The zero-order valence-electron chi connectivity index (χ0n) is 12.0. The van der Waals surface area contributed by atoms with Crippen molar-refractivity contribution in [2.45, 2.75) is 45.8 Å². The molecule has 1 aliphatic heterocycles. The molecule has 1 aliphatic rings. The van der Waals surface area contributed by atoms with Crippen molar-refractivity contribution in [2.24, 2.45) is 0 Å². The van der Waals surface area contributed by atoms with Crippen LogP contribution in [0.3, 0.4) is 0 Å². The molecule has 2 rings (SSSR count). The van der Waals surface area contributed by atoms with Crippen LogP contribution in [-0.2, 0) is 9.31 Å². The lowest BCUT2D eigenvalue weighted by Gasteiger charge is -2.32. The van der Waals surface area contributed by atoms with Crippen LogP contribution in [0.15, 0.2) is 18.2 Å². The Bertz CT molecular complexity index is 506. The van der Waals surface area contributed by atoms with Crippen LogP contribution in [0.25, 0.3) is 0 Å². The highest BCUT2D eigenvalue weighted by atomic mass is 16.7. The third-order valence-electron chi connectivity index (χ3n) is 4.01. The quantitative estimate of drug-likeness (QED) is 0.828. The van der Waals surface area contributed by atoms with Gasteiger partial charge in [-0.25, -0.2) is 4.79 Å². The SMILES string of the molecule is Cc1cc(B2OC(C)(C)C(C)(C)O2)ccc1C(=O)O. The summed E-state index contributed by atoms with van der Waals surface area (Å²) in [5, 5.41) is 9.03. The largest absolute Gasteiger partial charge is 0.494 e. The Morgan fingerprint density at radius 2 is 1.68 bits per heavy atom. The van der Waals surface area contributed by atoms with Gasteiger partial charge in [0.05, 0.1) is 16.8 Å². The molecule has 0 aromatic heterocycles. The van der Waals surface area contributed by atoms with E-state index in [-0.39, 0.29) is 0 Å². The van der Waals surface area contributed by atoms with Crippen molar-refractivity contribution in [3.05, 3.63) is 29.3 Å². The molecule has 0 amide bonds. The fourth-order valence-electron chi connectivity index (χ4n) is 2.05. The van der Waals surface area contributed by atoms with Gasteiger partial charge in [-0.3, -0.25) is 0 Å². The van der Waals surface area contributed by atoms with Crippen LogP contribution in [0.5, 0.6) is 0 Å². The van der Waals surface area contributed by atoms with Crippen LogP contribution in [0.1, 0.15) is 43.6 Å². The standard InChI is InChI=1S/C14H19BO4/c1-9-8-10(6-7-11(9)12(16)17)15-18-13(2,3)14(4,5)19-15/h6-8H,1-5H3,(H,16,17). The van der Waals surface area contributed by atoms with Crippen molar-refractivity contribution in [1.82, 2.24) is 0 Å². The van der Waals surface area contributed by atoms with Crippen molar-refractivity contribution < 1.29 is 19.2 Å². The van der Waals surface area contributed by atoms with E-state index in [2.05, 4.69) is 0 Å². The molecule has 19 heavy (non-hydrogen) atoms. The molecule has 0 spiro atoms. The minimum Gasteiger partial charge on any atom is -0.478 e. The van der Waals surface area contributed by atoms with Gasteiger partial charge in [0.2, 0.25) is 0 Å². The van der Waals surface area contributed by atoms with E-state index >= 15 is 0 Å². The number of rotatable bonds is 2. The van der Waals surface area contributed by atoms with E-state index in [9.17, 15) is 4.79 Å². The maximum absolute atomic E-state index is 11.0. The molecule has 0 unspecified atom stereocenters. The number of hydrogen-bond acceptors (Lipinski definition) is 3. The van der Waals surface area contributed by atoms with Gasteiger partial charge in [-0.2, -0.15) is 0 Å². The Balaban J connectivity index is 2.31. The van der Waals surface area contributed by atoms with Crippen LogP contribution >= 0.6 is 0 Å². The highest BCUT2D eigenvalue weighted by Gasteiger charge is 2.51. The van der Waals surface area contributed by atoms with Crippen molar-refractivity contribution in [2.75, 3.05) is 0 Å². The monoisotopic (exact) mass is 262 g/mol. The van der Waals surface area contributed by atoms with E-state index in [0.29, 0.717) is 11.1 Å². The Labute approximate surface area is 113 Å². The summed E-state index contributed by atoms with van der Waals surface area (Å²) in [6.07, 6.45) is 0. The Morgan fingerprint density at radius 3 is 2.11 bits per heavy atom. The van der Waals surface area contributed by atoms with Crippen LogP contribution in [-0.4, -0.2) is 29.4 Å². The molecule has 0 saturated carbocycles. The third-order valence-corrected chi connectivity index (χ3v) is 4.01. The zero-order chi connectivity index (χ0) is 14.4. The van der Waals surface area contributed by atoms with Gasteiger partial charge in [-0.1, -0.05) is 12.1 Å². The molecule has 102 valence electrons. The predicted octanol–water partition coefficient (Wildman–Crippen LogP) is 1.99. The first-order valence-corrected chi connectivity index (χ1v) is 6.33. The first-order valence-electron chi connectivity index (χ1n) is 6.33. The third kappa shape index (κ3) is 2.40. The summed E-state index contributed by atoms with van der Waals surface area (Å²) in [6, 6.07) is 5.16. The number of carbonyl (C=O) groups is 1. The summed E-state index contributed by atoms with van der Waals surface area (Å²) in [7, 11) is -0.452. The molecule has 0 bridgehead atoms. The van der Waals surface area contributed by atoms with Gasteiger partial charge in [0.1, 0.15) is 0 Å². The number of carboxylic acid groups (broad SMARTS) is 1. The summed E-state index contributed by atoms with van der Waals surface area (Å²) < 4.78 is 11.9. The van der Waals surface area contributed by atoms with E-state index in [1.54, 1.807) is 19.1 Å².